The number of carbonyl (C=O) groups is 1. The quantitative estimate of drug-likeness (QED) is 0.287. The minimum absolute atomic E-state index is 0. The third-order valence-corrected chi connectivity index (χ3v) is 1.68. The molecular formula is C5H3NaO5S. The van der Waals surface area contributed by atoms with Crippen LogP contribution in [-0.2, 0) is 10.1 Å². The summed E-state index contributed by atoms with van der Waals surface area (Å²) >= 11 is 0. The van der Waals surface area contributed by atoms with Gasteiger partial charge in [-0.05, 0) is 12.1 Å². The van der Waals surface area contributed by atoms with Crippen LogP contribution in [0.1, 0.15) is 10.6 Å². The Balaban J connectivity index is 0.00000121. The van der Waals surface area contributed by atoms with Gasteiger partial charge in [0.25, 0.3) is 0 Å². The standard InChI is InChI=1S/C5H4O5S.Na/c6-3-4-1-2-5(10-4)11(7,8)9;/h1-3H,(H,7,8,9);/q;+1/p-1. The van der Waals surface area contributed by atoms with Gasteiger partial charge in [0.2, 0.25) is 5.09 Å². The van der Waals surface area contributed by atoms with Crippen LogP contribution >= 0.6 is 0 Å². The summed E-state index contributed by atoms with van der Waals surface area (Å²) in [6.07, 6.45) is 0.314. The fourth-order valence-corrected chi connectivity index (χ4v) is 0.965. The molecule has 12 heavy (non-hydrogen) atoms. The smallest absolute Gasteiger partial charge is 0.742 e. The topological polar surface area (TPSA) is 87.4 Å². The number of aldehydes is 1. The Morgan fingerprint density at radius 3 is 2.25 bits per heavy atom. The van der Waals surface area contributed by atoms with Crippen LogP contribution in [0.3, 0.4) is 0 Å². The monoisotopic (exact) mass is 198 g/mol. The number of hydrogen-bond donors (Lipinski definition) is 0. The molecule has 0 bridgehead atoms. The molecule has 0 aliphatic rings. The van der Waals surface area contributed by atoms with E-state index < -0.39 is 15.2 Å². The first-order chi connectivity index (χ1) is 5.04. The van der Waals surface area contributed by atoms with Crippen molar-refractivity contribution in [3.8, 4) is 0 Å². The molecule has 7 heteroatoms. The maximum absolute atomic E-state index is 10.2. The van der Waals surface area contributed by atoms with Crippen molar-refractivity contribution in [1.29, 1.82) is 0 Å². The molecule has 0 fully saturated rings. The third-order valence-electron chi connectivity index (χ3n) is 0.965. The second-order valence-electron chi connectivity index (χ2n) is 1.73. The van der Waals surface area contributed by atoms with E-state index in [2.05, 4.69) is 4.42 Å². The van der Waals surface area contributed by atoms with E-state index in [-0.39, 0.29) is 35.3 Å². The molecule has 0 unspecified atom stereocenters. The Bertz CT molecular complexity index is 365. The van der Waals surface area contributed by atoms with Crippen LogP contribution in [0.4, 0.5) is 0 Å². The molecule has 1 heterocycles. The van der Waals surface area contributed by atoms with E-state index in [9.17, 15) is 17.8 Å². The van der Waals surface area contributed by atoms with Crippen molar-refractivity contribution in [3.05, 3.63) is 17.9 Å². The normalized spacial score (nSPS) is 10.4. The van der Waals surface area contributed by atoms with E-state index >= 15 is 0 Å². The van der Waals surface area contributed by atoms with Gasteiger partial charge in [-0.3, -0.25) is 4.79 Å². The van der Waals surface area contributed by atoms with Crippen LogP contribution in [0.5, 0.6) is 0 Å². The number of furan rings is 1. The molecule has 1 aromatic rings. The molecule has 1 aromatic heterocycles. The molecule has 5 nitrogen and oxygen atoms in total. The molecule has 0 aromatic carbocycles. The third kappa shape index (κ3) is 2.72. The van der Waals surface area contributed by atoms with Crippen molar-refractivity contribution in [1.82, 2.24) is 0 Å². The molecule has 0 spiro atoms. The average Bonchev–Trinajstić information content (AvgIpc) is 2.32. The first kappa shape index (κ1) is 11.9. The second kappa shape index (κ2) is 4.20. The summed E-state index contributed by atoms with van der Waals surface area (Å²) in [5, 5.41) is -0.736. The van der Waals surface area contributed by atoms with E-state index in [1.165, 1.54) is 0 Å². The van der Waals surface area contributed by atoms with Crippen molar-refractivity contribution < 1.29 is 51.7 Å². The predicted octanol–water partition coefficient (Wildman–Crippen LogP) is -3.00. The van der Waals surface area contributed by atoms with Crippen molar-refractivity contribution in [2.45, 2.75) is 5.09 Å². The maximum Gasteiger partial charge on any atom is 1.00 e. The zero-order valence-corrected chi connectivity index (χ0v) is 9.00. The van der Waals surface area contributed by atoms with Crippen molar-refractivity contribution in [2.75, 3.05) is 0 Å². The summed E-state index contributed by atoms with van der Waals surface area (Å²) in [4.78, 5) is 9.96. The molecule has 0 saturated heterocycles. The molecule has 0 saturated carbocycles. The minimum atomic E-state index is -4.57. The van der Waals surface area contributed by atoms with Gasteiger partial charge in [0.15, 0.2) is 22.2 Å². The maximum atomic E-state index is 10.2. The van der Waals surface area contributed by atoms with Crippen molar-refractivity contribution in [3.63, 3.8) is 0 Å². The summed E-state index contributed by atoms with van der Waals surface area (Å²) in [5.41, 5.74) is 0. The number of hydrogen-bond acceptors (Lipinski definition) is 5. The van der Waals surface area contributed by atoms with Gasteiger partial charge in [0, 0.05) is 0 Å². The van der Waals surface area contributed by atoms with Crippen molar-refractivity contribution in [2.24, 2.45) is 0 Å². The zero-order chi connectivity index (χ0) is 8.48. The van der Waals surface area contributed by atoms with Crippen LogP contribution in [0.15, 0.2) is 21.6 Å². The van der Waals surface area contributed by atoms with Gasteiger partial charge in [-0.1, -0.05) is 0 Å². The summed E-state index contributed by atoms with van der Waals surface area (Å²) in [6.45, 7) is 0. The van der Waals surface area contributed by atoms with E-state index in [0.717, 1.165) is 12.1 Å². The fourth-order valence-electron chi connectivity index (χ4n) is 0.532. The van der Waals surface area contributed by atoms with E-state index in [0.29, 0.717) is 6.29 Å². The first-order valence-corrected chi connectivity index (χ1v) is 3.96. The van der Waals surface area contributed by atoms with Crippen LogP contribution in [0, 0.1) is 0 Å². The van der Waals surface area contributed by atoms with E-state index in [4.69, 9.17) is 0 Å². The van der Waals surface area contributed by atoms with Gasteiger partial charge in [-0.25, -0.2) is 8.42 Å². The summed E-state index contributed by atoms with van der Waals surface area (Å²) in [5.74, 6) is -0.181. The molecule has 0 radical (unpaired) electrons. The summed E-state index contributed by atoms with van der Waals surface area (Å²) < 4.78 is 34.9. The molecule has 0 N–H and O–H groups in total. The van der Waals surface area contributed by atoms with Crippen LogP contribution in [0.2, 0.25) is 0 Å². The second-order valence-corrected chi connectivity index (χ2v) is 3.04. The van der Waals surface area contributed by atoms with Crippen LogP contribution in [-0.4, -0.2) is 19.3 Å². The average molecular weight is 198 g/mol. The van der Waals surface area contributed by atoms with Gasteiger partial charge in [0.1, 0.15) is 0 Å². The number of carbonyl (C=O) groups excluding carboxylic acids is 1. The molecule has 0 amide bonds. The van der Waals surface area contributed by atoms with Crippen LogP contribution < -0.4 is 29.6 Å². The van der Waals surface area contributed by atoms with E-state index in [1.54, 1.807) is 0 Å². The molecule has 60 valence electrons. The predicted molar refractivity (Wildman–Crippen MR) is 32.1 cm³/mol. The Hall–Kier alpha value is -0.140. The fraction of sp³-hybridized carbons (Fsp3) is 0. The first-order valence-electron chi connectivity index (χ1n) is 2.55. The van der Waals surface area contributed by atoms with Gasteiger partial charge >= 0.3 is 29.6 Å². The summed E-state index contributed by atoms with van der Waals surface area (Å²) in [6, 6.07) is 2.05. The summed E-state index contributed by atoms with van der Waals surface area (Å²) in [7, 11) is -4.57. The molecule has 0 aliphatic carbocycles. The van der Waals surface area contributed by atoms with Gasteiger partial charge < -0.3 is 8.97 Å². The molecule has 0 aliphatic heterocycles. The molecular weight excluding hydrogens is 195 g/mol. The SMILES string of the molecule is O=Cc1ccc(S(=O)(=O)[O-])o1.[Na+]. The Morgan fingerprint density at radius 2 is 2.00 bits per heavy atom. The van der Waals surface area contributed by atoms with Crippen LogP contribution in [0.25, 0.3) is 0 Å². The zero-order valence-electron chi connectivity index (χ0n) is 6.18. The molecule has 0 atom stereocenters. The van der Waals surface area contributed by atoms with E-state index in [1.807, 2.05) is 0 Å². The molecule has 1 rings (SSSR count). The van der Waals surface area contributed by atoms with Gasteiger partial charge in [-0.2, -0.15) is 0 Å². The number of rotatable bonds is 2. The van der Waals surface area contributed by atoms with Gasteiger partial charge in [0.05, 0.1) is 0 Å². The Kier molecular flexibility index (Phi) is 4.15. The van der Waals surface area contributed by atoms with Crippen molar-refractivity contribution >= 4 is 16.4 Å². The Labute approximate surface area is 90.8 Å². The Morgan fingerprint density at radius 1 is 1.42 bits per heavy atom. The van der Waals surface area contributed by atoms with Gasteiger partial charge in [-0.15, -0.1) is 0 Å². The minimum Gasteiger partial charge on any atom is -0.742 e. The largest absolute Gasteiger partial charge is 1.00 e.